The van der Waals surface area contributed by atoms with Crippen LogP contribution in [-0.4, -0.2) is 23.5 Å². The number of benzene rings is 2. The molecule has 1 fully saturated rings. The van der Waals surface area contributed by atoms with E-state index in [1.54, 1.807) is 25.1 Å². The van der Waals surface area contributed by atoms with Gasteiger partial charge in [-0.3, -0.25) is 9.59 Å². The summed E-state index contributed by atoms with van der Waals surface area (Å²) in [6, 6.07) is 8.26. The average molecular weight is 458 g/mol. The summed E-state index contributed by atoms with van der Waals surface area (Å²) in [6.45, 7) is 1.64. The Morgan fingerprint density at radius 1 is 1.18 bits per heavy atom. The minimum absolute atomic E-state index is 0.151. The molecule has 2 N–H and O–H groups in total. The number of ether oxygens (including phenoxy) is 2. The summed E-state index contributed by atoms with van der Waals surface area (Å²) in [5.74, 6) is -0.0543. The highest BCUT2D eigenvalue weighted by atomic mass is 19.4. The van der Waals surface area contributed by atoms with Crippen molar-refractivity contribution in [3.8, 4) is 11.5 Å². The molecular weight excluding hydrogens is 437 g/mol. The average Bonchev–Trinajstić information content (AvgIpc) is 2.72. The SMILES string of the molecule is CC1Oc2ccc(NC(=O)C=C3CC4(CCC4)Oc4cc(C(F)(F)F)ccc43)cc2NC1=O. The molecule has 1 spiro atoms. The zero-order valence-corrected chi connectivity index (χ0v) is 17.7. The van der Waals surface area contributed by atoms with Gasteiger partial charge in [0.05, 0.1) is 11.3 Å². The Morgan fingerprint density at radius 2 is 1.97 bits per heavy atom. The van der Waals surface area contributed by atoms with Crippen molar-refractivity contribution in [1.29, 1.82) is 0 Å². The number of carbonyl (C=O) groups excluding carboxylic acids is 2. The number of halogens is 3. The topological polar surface area (TPSA) is 76.7 Å². The zero-order chi connectivity index (χ0) is 23.4. The van der Waals surface area contributed by atoms with E-state index < -0.39 is 29.4 Å². The van der Waals surface area contributed by atoms with Crippen molar-refractivity contribution >= 4 is 28.8 Å². The molecular formula is C24H21F3N2O4. The Kier molecular flexibility index (Phi) is 4.88. The summed E-state index contributed by atoms with van der Waals surface area (Å²) in [5, 5.41) is 5.47. The maximum atomic E-state index is 13.2. The second-order valence-electron chi connectivity index (χ2n) is 8.64. The molecule has 172 valence electrons. The monoisotopic (exact) mass is 458 g/mol. The molecule has 0 saturated heterocycles. The maximum absolute atomic E-state index is 13.2. The van der Waals surface area contributed by atoms with Crippen molar-refractivity contribution in [1.82, 2.24) is 0 Å². The van der Waals surface area contributed by atoms with Gasteiger partial charge in [-0.25, -0.2) is 0 Å². The Labute approximate surface area is 187 Å². The third-order valence-corrected chi connectivity index (χ3v) is 6.24. The lowest BCUT2D eigenvalue weighted by atomic mass is 9.72. The number of nitrogens with one attached hydrogen (secondary N) is 2. The van der Waals surface area contributed by atoms with Gasteiger partial charge in [0.1, 0.15) is 17.1 Å². The number of rotatable bonds is 2. The van der Waals surface area contributed by atoms with Crippen molar-refractivity contribution in [3.63, 3.8) is 0 Å². The van der Waals surface area contributed by atoms with E-state index in [1.165, 1.54) is 12.1 Å². The van der Waals surface area contributed by atoms with Gasteiger partial charge in [-0.1, -0.05) is 6.07 Å². The smallest absolute Gasteiger partial charge is 0.416 e. The molecule has 2 aliphatic heterocycles. The molecule has 6 nitrogen and oxygen atoms in total. The van der Waals surface area contributed by atoms with Crippen LogP contribution < -0.4 is 20.1 Å². The Bertz CT molecular complexity index is 1180. The first-order valence-corrected chi connectivity index (χ1v) is 10.7. The third kappa shape index (κ3) is 4.03. The summed E-state index contributed by atoms with van der Waals surface area (Å²) >= 11 is 0. The van der Waals surface area contributed by atoms with Crippen LogP contribution in [0.2, 0.25) is 0 Å². The lowest BCUT2D eigenvalue weighted by Gasteiger charge is -2.46. The highest BCUT2D eigenvalue weighted by molar-refractivity contribution is 6.05. The molecule has 9 heteroatoms. The number of fused-ring (bicyclic) bond motifs is 2. The van der Waals surface area contributed by atoms with Crippen LogP contribution in [0.3, 0.4) is 0 Å². The number of amides is 2. The van der Waals surface area contributed by atoms with E-state index in [2.05, 4.69) is 10.6 Å². The van der Waals surface area contributed by atoms with E-state index in [1.807, 2.05) is 0 Å². The Morgan fingerprint density at radius 3 is 2.67 bits per heavy atom. The zero-order valence-electron chi connectivity index (χ0n) is 17.7. The van der Waals surface area contributed by atoms with Gasteiger partial charge in [0.25, 0.3) is 5.91 Å². The predicted molar refractivity (Wildman–Crippen MR) is 115 cm³/mol. The summed E-state index contributed by atoms with van der Waals surface area (Å²) in [6.07, 6.45) is -0.846. The molecule has 33 heavy (non-hydrogen) atoms. The molecule has 0 radical (unpaired) electrons. The molecule has 1 unspecified atom stereocenters. The van der Waals surface area contributed by atoms with E-state index in [0.717, 1.165) is 31.4 Å². The molecule has 0 bridgehead atoms. The van der Waals surface area contributed by atoms with Crippen LogP contribution in [0.5, 0.6) is 11.5 Å². The molecule has 0 aromatic heterocycles. The number of carbonyl (C=O) groups is 2. The van der Waals surface area contributed by atoms with Crippen LogP contribution in [-0.2, 0) is 15.8 Å². The van der Waals surface area contributed by atoms with Gasteiger partial charge in [-0.15, -0.1) is 0 Å². The van der Waals surface area contributed by atoms with Gasteiger partial charge >= 0.3 is 6.18 Å². The van der Waals surface area contributed by atoms with Crippen LogP contribution in [0, 0.1) is 0 Å². The molecule has 5 rings (SSSR count). The normalized spacial score (nSPS) is 21.8. The van der Waals surface area contributed by atoms with Crippen LogP contribution >= 0.6 is 0 Å². The summed E-state index contributed by atoms with van der Waals surface area (Å²) in [7, 11) is 0. The summed E-state index contributed by atoms with van der Waals surface area (Å²) in [4.78, 5) is 24.6. The molecule has 1 atom stereocenters. The van der Waals surface area contributed by atoms with E-state index in [0.29, 0.717) is 34.7 Å². The van der Waals surface area contributed by atoms with Gasteiger partial charge < -0.3 is 20.1 Å². The number of hydrogen-bond acceptors (Lipinski definition) is 4. The molecule has 2 heterocycles. The second-order valence-corrected chi connectivity index (χ2v) is 8.64. The largest absolute Gasteiger partial charge is 0.486 e. The first kappa shape index (κ1) is 21.4. The quantitative estimate of drug-likeness (QED) is 0.610. The van der Waals surface area contributed by atoms with Gasteiger partial charge in [-0.05, 0) is 62.1 Å². The van der Waals surface area contributed by atoms with Crippen LogP contribution in [0.1, 0.15) is 43.7 Å². The lowest BCUT2D eigenvalue weighted by molar-refractivity contribution is -0.138. The van der Waals surface area contributed by atoms with E-state index in [4.69, 9.17) is 9.47 Å². The van der Waals surface area contributed by atoms with Gasteiger partial charge in [0.2, 0.25) is 5.91 Å². The second kappa shape index (κ2) is 7.54. The molecule has 3 aliphatic rings. The number of hydrogen-bond donors (Lipinski definition) is 2. The fraction of sp³-hybridized carbons (Fsp3) is 0.333. The molecule has 1 saturated carbocycles. The summed E-state index contributed by atoms with van der Waals surface area (Å²) in [5.41, 5.74) is 0.670. The van der Waals surface area contributed by atoms with Crippen LogP contribution in [0.4, 0.5) is 24.5 Å². The molecule has 2 amide bonds. The fourth-order valence-corrected chi connectivity index (χ4v) is 4.36. The van der Waals surface area contributed by atoms with Crippen molar-refractivity contribution in [2.45, 2.75) is 50.5 Å². The van der Waals surface area contributed by atoms with Gasteiger partial charge in [0.15, 0.2) is 6.10 Å². The lowest BCUT2D eigenvalue weighted by Crippen LogP contribution is -2.45. The maximum Gasteiger partial charge on any atom is 0.416 e. The van der Waals surface area contributed by atoms with E-state index >= 15 is 0 Å². The van der Waals surface area contributed by atoms with E-state index in [9.17, 15) is 22.8 Å². The Balaban J connectivity index is 1.41. The standard InChI is InChI=1S/C24H21F3N2O4/c1-13-22(31)29-18-11-16(4-6-19(18)32-13)28-21(30)9-14-12-23(7-2-8-23)33-20-10-15(24(25,26)27)3-5-17(14)20/h3-6,9-11,13H,2,7-8,12H2,1H3,(H,28,30)(H,29,31). The van der Waals surface area contributed by atoms with Crippen LogP contribution in [0.15, 0.2) is 42.5 Å². The first-order chi connectivity index (χ1) is 15.6. The number of alkyl halides is 3. The van der Waals surface area contributed by atoms with Gasteiger partial charge in [-0.2, -0.15) is 13.2 Å². The minimum Gasteiger partial charge on any atom is -0.486 e. The molecule has 2 aromatic rings. The van der Waals surface area contributed by atoms with Gasteiger partial charge in [0, 0.05) is 23.7 Å². The van der Waals surface area contributed by atoms with Crippen molar-refractivity contribution < 1.29 is 32.2 Å². The first-order valence-electron chi connectivity index (χ1n) is 10.7. The highest BCUT2D eigenvalue weighted by Crippen LogP contribution is 2.50. The predicted octanol–water partition coefficient (Wildman–Crippen LogP) is 5.15. The highest BCUT2D eigenvalue weighted by Gasteiger charge is 2.44. The Hall–Kier alpha value is -3.49. The molecule has 2 aromatic carbocycles. The molecule has 1 aliphatic carbocycles. The van der Waals surface area contributed by atoms with Crippen molar-refractivity contribution in [3.05, 3.63) is 53.6 Å². The minimum atomic E-state index is -4.48. The summed E-state index contributed by atoms with van der Waals surface area (Å²) < 4.78 is 51.1. The van der Waals surface area contributed by atoms with Crippen LogP contribution in [0.25, 0.3) is 5.57 Å². The fourth-order valence-electron chi connectivity index (χ4n) is 4.36. The van der Waals surface area contributed by atoms with Crippen molar-refractivity contribution in [2.75, 3.05) is 10.6 Å². The third-order valence-electron chi connectivity index (χ3n) is 6.24. The van der Waals surface area contributed by atoms with Crippen molar-refractivity contribution in [2.24, 2.45) is 0 Å². The van der Waals surface area contributed by atoms with E-state index in [-0.39, 0.29) is 11.7 Å². The number of anilines is 2.